The lowest BCUT2D eigenvalue weighted by Gasteiger charge is -2.31. The summed E-state index contributed by atoms with van der Waals surface area (Å²) in [4.78, 5) is 27.4. The van der Waals surface area contributed by atoms with Crippen LogP contribution in [0.5, 0.6) is 5.75 Å². The first-order chi connectivity index (χ1) is 13.3. The average molecular weight is 380 g/mol. The Bertz CT molecular complexity index is 824. The van der Waals surface area contributed by atoms with Gasteiger partial charge in [0, 0.05) is 30.1 Å². The third-order valence-corrected chi connectivity index (χ3v) is 5.53. The summed E-state index contributed by atoms with van der Waals surface area (Å²) in [5.74, 6) is 0.926. The van der Waals surface area contributed by atoms with Crippen molar-refractivity contribution in [1.82, 2.24) is 4.90 Å². The van der Waals surface area contributed by atoms with Gasteiger partial charge in [-0.05, 0) is 60.2 Å². The fraction of sp³-hybridized carbons (Fsp3) is 0.417. The van der Waals surface area contributed by atoms with Crippen LogP contribution in [0.4, 0.5) is 0 Å². The van der Waals surface area contributed by atoms with Gasteiger partial charge in [-0.2, -0.15) is 0 Å². The Labute approximate surface area is 167 Å². The zero-order chi connectivity index (χ0) is 20.3. The number of likely N-dealkylation sites (tertiary alicyclic amines) is 1. The highest BCUT2D eigenvalue weighted by molar-refractivity contribution is 5.98. The second-order valence-electron chi connectivity index (χ2n) is 8.49. The molecule has 1 amide bonds. The fourth-order valence-electron chi connectivity index (χ4n) is 3.63. The van der Waals surface area contributed by atoms with Crippen molar-refractivity contribution in [2.45, 2.75) is 39.0 Å². The van der Waals surface area contributed by atoms with E-state index in [1.165, 1.54) is 5.56 Å². The molecule has 0 N–H and O–H groups in total. The standard InChI is InChI=1S/C24H29NO3/c1-24(2,3)20-9-5-19(6-10-20)23(27)25-15-13-18(14-16-25)22(26)17-7-11-21(28-4)12-8-17/h5-12,18H,13-16H2,1-4H3. The summed E-state index contributed by atoms with van der Waals surface area (Å²) in [6.07, 6.45) is 1.41. The molecule has 4 nitrogen and oxygen atoms in total. The number of carbonyl (C=O) groups excluding carboxylic acids is 2. The smallest absolute Gasteiger partial charge is 0.253 e. The second kappa shape index (κ2) is 8.17. The maximum Gasteiger partial charge on any atom is 0.253 e. The van der Waals surface area contributed by atoms with Crippen LogP contribution >= 0.6 is 0 Å². The van der Waals surface area contributed by atoms with Gasteiger partial charge in [-0.15, -0.1) is 0 Å². The molecule has 1 saturated heterocycles. The first-order valence-corrected chi connectivity index (χ1v) is 9.87. The van der Waals surface area contributed by atoms with Crippen molar-refractivity contribution >= 4 is 11.7 Å². The predicted molar refractivity (Wildman–Crippen MR) is 111 cm³/mol. The van der Waals surface area contributed by atoms with Gasteiger partial charge in [-0.1, -0.05) is 32.9 Å². The highest BCUT2D eigenvalue weighted by Gasteiger charge is 2.28. The van der Waals surface area contributed by atoms with Crippen molar-refractivity contribution < 1.29 is 14.3 Å². The number of ketones is 1. The van der Waals surface area contributed by atoms with Crippen molar-refractivity contribution in [3.63, 3.8) is 0 Å². The molecule has 1 aliphatic heterocycles. The molecule has 148 valence electrons. The molecule has 0 bridgehead atoms. The molecule has 2 aromatic rings. The van der Waals surface area contributed by atoms with E-state index in [1.54, 1.807) is 7.11 Å². The van der Waals surface area contributed by atoms with E-state index in [0.29, 0.717) is 37.1 Å². The van der Waals surface area contributed by atoms with Gasteiger partial charge >= 0.3 is 0 Å². The third kappa shape index (κ3) is 4.44. The van der Waals surface area contributed by atoms with E-state index in [1.807, 2.05) is 53.4 Å². The van der Waals surface area contributed by atoms with E-state index in [9.17, 15) is 9.59 Å². The van der Waals surface area contributed by atoms with Crippen LogP contribution in [0, 0.1) is 5.92 Å². The Hall–Kier alpha value is -2.62. The molecule has 0 atom stereocenters. The summed E-state index contributed by atoms with van der Waals surface area (Å²) in [5, 5.41) is 0. The van der Waals surface area contributed by atoms with Crippen LogP contribution in [0.25, 0.3) is 0 Å². The first-order valence-electron chi connectivity index (χ1n) is 9.87. The number of benzene rings is 2. The van der Waals surface area contributed by atoms with Gasteiger partial charge in [-0.25, -0.2) is 0 Å². The summed E-state index contributed by atoms with van der Waals surface area (Å²) in [6.45, 7) is 7.72. The van der Waals surface area contributed by atoms with Crippen LogP contribution in [0.3, 0.4) is 0 Å². The lowest BCUT2D eigenvalue weighted by molar-refractivity contribution is 0.0650. The number of piperidine rings is 1. The van der Waals surface area contributed by atoms with Crippen LogP contribution in [-0.2, 0) is 5.41 Å². The van der Waals surface area contributed by atoms with Crippen LogP contribution in [0.2, 0.25) is 0 Å². The SMILES string of the molecule is COc1ccc(C(=O)C2CCN(C(=O)c3ccc(C(C)(C)C)cc3)CC2)cc1. The van der Waals surface area contributed by atoms with Crippen molar-refractivity contribution in [3.8, 4) is 5.75 Å². The lowest BCUT2D eigenvalue weighted by Crippen LogP contribution is -2.40. The van der Waals surface area contributed by atoms with Crippen LogP contribution in [-0.4, -0.2) is 36.8 Å². The molecule has 2 aromatic carbocycles. The molecule has 1 heterocycles. The third-order valence-electron chi connectivity index (χ3n) is 5.53. The maximum atomic E-state index is 12.8. The Morgan fingerprint density at radius 2 is 1.43 bits per heavy atom. The molecule has 0 spiro atoms. The monoisotopic (exact) mass is 379 g/mol. The number of nitrogens with zero attached hydrogens (tertiary/aromatic N) is 1. The molecule has 0 radical (unpaired) electrons. The summed E-state index contributed by atoms with van der Waals surface area (Å²) < 4.78 is 5.15. The normalized spacial score (nSPS) is 15.4. The van der Waals surface area contributed by atoms with Gasteiger partial charge < -0.3 is 9.64 Å². The predicted octanol–water partition coefficient (Wildman–Crippen LogP) is 4.73. The summed E-state index contributed by atoms with van der Waals surface area (Å²) in [7, 11) is 1.61. The van der Waals surface area contributed by atoms with Crippen molar-refractivity contribution in [2.24, 2.45) is 5.92 Å². The number of methoxy groups -OCH3 is 1. The molecule has 0 aliphatic carbocycles. The largest absolute Gasteiger partial charge is 0.497 e. The molecule has 0 aromatic heterocycles. The number of ether oxygens (including phenoxy) is 1. The molecule has 1 aliphatic rings. The highest BCUT2D eigenvalue weighted by Crippen LogP contribution is 2.25. The van der Waals surface area contributed by atoms with E-state index in [2.05, 4.69) is 20.8 Å². The Kier molecular flexibility index (Phi) is 5.87. The summed E-state index contributed by atoms with van der Waals surface area (Å²) in [6, 6.07) is 15.2. The quantitative estimate of drug-likeness (QED) is 0.722. The average Bonchev–Trinajstić information content (AvgIpc) is 2.72. The van der Waals surface area contributed by atoms with Crippen molar-refractivity contribution in [2.75, 3.05) is 20.2 Å². The molecule has 4 heteroatoms. The maximum absolute atomic E-state index is 12.8. The van der Waals surface area contributed by atoms with Crippen LogP contribution in [0.1, 0.15) is 59.9 Å². The number of carbonyl (C=O) groups is 2. The van der Waals surface area contributed by atoms with E-state index in [0.717, 1.165) is 5.75 Å². The molecular formula is C24H29NO3. The van der Waals surface area contributed by atoms with Gasteiger partial charge in [0.2, 0.25) is 0 Å². The van der Waals surface area contributed by atoms with E-state index in [4.69, 9.17) is 4.74 Å². The molecule has 1 fully saturated rings. The zero-order valence-electron chi connectivity index (χ0n) is 17.2. The van der Waals surface area contributed by atoms with Gasteiger partial charge in [0.15, 0.2) is 5.78 Å². The van der Waals surface area contributed by atoms with Crippen LogP contribution in [0.15, 0.2) is 48.5 Å². The van der Waals surface area contributed by atoms with E-state index >= 15 is 0 Å². The summed E-state index contributed by atoms with van der Waals surface area (Å²) in [5.41, 5.74) is 2.71. The minimum absolute atomic E-state index is 0.0271. The van der Waals surface area contributed by atoms with Crippen molar-refractivity contribution in [3.05, 3.63) is 65.2 Å². The molecule has 0 unspecified atom stereocenters. The number of amides is 1. The van der Waals surface area contributed by atoms with Crippen LogP contribution < -0.4 is 4.74 Å². The van der Waals surface area contributed by atoms with Gasteiger partial charge in [0.25, 0.3) is 5.91 Å². The minimum atomic E-state index is -0.0271. The Morgan fingerprint density at radius 3 is 1.93 bits per heavy atom. The lowest BCUT2D eigenvalue weighted by atomic mass is 9.86. The van der Waals surface area contributed by atoms with E-state index < -0.39 is 0 Å². The number of Topliss-reactive ketones (excluding diaryl/α,β-unsaturated/α-hetero) is 1. The molecule has 28 heavy (non-hydrogen) atoms. The zero-order valence-corrected chi connectivity index (χ0v) is 17.2. The topological polar surface area (TPSA) is 46.6 Å². The minimum Gasteiger partial charge on any atom is -0.497 e. The van der Waals surface area contributed by atoms with Gasteiger partial charge in [0.1, 0.15) is 5.75 Å². The van der Waals surface area contributed by atoms with E-state index in [-0.39, 0.29) is 23.0 Å². The summed E-state index contributed by atoms with van der Waals surface area (Å²) >= 11 is 0. The number of rotatable bonds is 4. The van der Waals surface area contributed by atoms with Gasteiger partial charge in [-0.3, -0.25) is 9.59 Å². The second-order valence-corrected chi connectivity index (χ2v) is 8.49. The van der Waals surface area contributed by atoms with Gasteiger partial charge in [0.05, 0.1) is 7.11 Å². The molecule has 0 saturated carbocycles. The Balaban J connectivity index is 1.59. The number of hydrogen-bond acceptors (Lipinski definition) is 3. The molecule has 3 rings (SSSR count). The number of hydrogen-bond donors (Lipinski definition) is 0. The Morgan fingerprint density at radius 1 is 0.893 bits per heavy atom. The fourth-order valence-corrected chi connectivity index (χ4v) is 3.63. The molecular weight excluding hydrogens is 350 g/mol. The highest BCUT2D eigenvalue weighted by atomic mass is 16.5. The first kappa shape index (κ1) is 20.1. The van der Waals surface area contributed by atoms with Crippen molar-refractivity contribution in [1.29, 1.82) is 0 Å².